The number of anilines is 1. The Hall–Kier alpha value is -1.14. The third kappa shape index (κ3) is 2.33. The third-order valence-electron chi connectivity index (χ3n) is 2.63. The van der Waals surface area contributed by atoms with Gasteiger partial charge in [0.15, 0.2) is 0 Å². The summed E-state index contributed by atoms with van der Waals surface area (Å²) in [5.41, 5.74) is 0.556. The summed E-state index contributed by atoms with van der Waals surface area (Å²) in [5.74, 6) is 0. The van der Waals surface area contributed by atoms with Gasteiger partial charge < -0.3 is 10.4 Å². The normalized spacial score (nSPS) is 23.6. The van der Waals surface area contributed by atoms with Crippen molar-refractivity contribution < 1.29 is 10.0 Å². The van der Waals surface area contributed by atoms with Crippen LogP contribution >= 0.6 is 15.9 Å². The van der Waals surface area contributed by atoms with E-state index in [1.54, 1.807) is 12.1 Å². The predicted octanol–water partition coefficient (Wildman–Crippen LogP) is 2.29. The van der Waals surface area contributed by atoms with Crippen molar-refractivity contribution in [2.24, 2.45) is 0 Å². The number of benzene rings is 1. The second kappa shape index (κ2) is 4.39. The minimum absolute atomic E-state index is 0.0598. The number of hydrogen-bond donors (Lipinski definition) is 2. The maximum Gasteiger partial charge on any atom is 0.292 e. The highest BCUT2D eigenvalue weighted by atomic mass is 79.9. The zero-order valence-electron chi connectivity index (χ0n) is 8.39. The molecular weight excluding hydrogens is 276 g/mol. The van der Waals surface area contributed by atoms with E-state index in [2.05, 4.69) is 21.2 Å². The Morgan fingerprint density at radius 2 is 2.19 bits per heavy atom. The van der Waals surface area contributed by atoms with Crippen LogP contribution in [0.25, 0.3) is 0 Å². The molecule has 86 valence electrons. The lowest BCUT2D eigenvalue weighted by Crippen LogP contribution is -2.39. The average molecular weight is 287 g/mol. The molecule has 0 bridgehead atoms. The van der Waals surface area contributed by atoms with Crippen LogP contribution in [0.2, 0.25) is 0 Å². The maximum atomic E-state index is 10.8. The highest BCUT2D eigenvalue weighted by Crippen LogP contribution is 2.31. The standard InChI is InChI=1S/C10H11BrN2O3/c11-6-1-2-10(13(15)16)9(3-6)12-7-4-8(14)5-7/h1-3,7-8,12,14H,4-5H2. The van der Waals surface area contributed by atoms with Crippen LogP contribution in [0.3, 0.4) is 0 Å². The van der Waals surface area contributed by atoms with E-state index in [0.717, 1.165) is 4.47 Å². The number of halogens is 1. The predicted molar refractivity (Wildman–Crippen MR) is 63.4 cm³/mol. The van der Waals surface area contributed by atoms with Gasteiger partial charge in [0.05, 0.1) is 11.0 Å². The molecule has 1 fully saturated rings. The van der Waals surface area contributed by atoms with E-state index in [1.807, 2.05) is 0 Å². The Labute approximate surface area is 101 Å². The van der Waals surface area contributed by atoms with Crippen molar-refractivity contribution in [1.82, 2.24) is 0 Å². The second-order valence-corrected chi connectivity index (χ2v) is 4.80. The summed E-state index contributed by atoms with van der Waals surface area (Å²) in [6, 6.07) is 4.91. The van der Waals surface area contributed by atoms with Gasteiger partial charge in [-0.25, -0.2) is 0 Å². The smallest absolute Gasteiger partial charge is 0.292 e. The van der Waals surface area contributed by atoms with Crippen molar-refractivity contribution in [3.05, 3.63) is 32.8 Å². The van der Waals surface area contributed by atoms with Crippen molar-refractivity contribution in [2.45, 2.75) is 25.0 Å². The molecular formula is C10H11BrN2O3. The SMILES string of the molecule is O=[N+]([O-])c1ccc(Br)cc1NC1CC(O)C1. The Bertz CT molecular complexity index is 419. The van der Waals surface area contributed by atoms with Gasteiger partial charge in [-0.15, -0.1) is 0 Å². The number of nitrogens with one attached hydrogen (secondary N) is 1. The zero-order valence-corrected chi connectivity index (χ0v) is 9.98. The van der Waals surface area contributed by atoms with Gasteiger partial charge in [-0.2, -0.15) is 0 Å². The van der Waals surface area contributed by atoms with E-state index in [1.165, 1.54) is 6.07 Å². The summed E-state index contributed by atoms with van der Waals surface area (Å²) in [7, 11) is 0. The van der Waals surface area contributed by atoms with Crippen molar-refractivity contribution >= 4 is 27.3 Å². The number of nitro benzene ring substituents is 1. The third-order valence-corrected chi connectivity index (χ3v) is 3.12. The minimum Gasteiger partial charge on any atom is -0.393 e. The minimum atomic E-state index is -0.413. The molecule has 0 saturated heterocycles. The highest BCUT2D eigenvalue weighted by molar-refractivity contribution is 9.10. The summed E-state index contributed by atoms with van der Waals surface area (Å²) >= 11 is 3.28. The van der Waals surface area contributed by atoms with Crippen LogP contribution in [0.5, 0.6) is 0 Å². The molecule has 6 heteroatoms. The van der Waals surface area contributed by atoms with E-state index in [9.17, 15) is 10.1 Å². The molecule has 0 unspecified atom stereocenters. The number of rotatable bonds is 3. The molecule has 1 aliphatic carbocycles. The number of nitro groups is 1. The van der Waals surface area contributed by atoms with E-state index in [0.29, 0.717) is 18.5 Å². The quantitative estimate of drug-likeness (QED) is 0.660. The second-order valence-electron chi connectivity index (χ2n) is 3.89. The molecule has 1 aromatic carbocycles. The highest BCUT2D eigenvalue weighted by Gasteiger charge is 2.28. The zero-order chi connectivity index (χ0) is 11.7. The van der Waals surface area contributed by atoms with Crippen LogP contribution in [0.4, 0.5) is 11.4 Å². The lowest BCUT2D eigenvalue weighted by Gasteiger charge is -2.32. The van der Waals surface area contributed by atoms with Crippen LogP contribution in [-0.4, -0.2) is 22.2 Å². The molecule has 0 radical (unpaired) electrons. The summed E-state index contributed by atoms with van der Waals surface area (Å²) < 4.78 is 0.792. The van der Waals surface area contributed by atoms with Gasteiger partial charge in [0, 0.05) is 16.6 Å². The number of hydrogen-bond acceptors (Lipinski definition) is 4. The molecule has 16 heavy (non-hydrogen) atoms. The Morgan fingerprint density at radius 1 is 1.50 bits per heavy atom. The number of aliphatic hydroxyl groups excluding tert-OH is 1. The Kier molecular flexibility index (Phi) is 3.11. The van der Waals surface area contributed by atoms with E-state index in [-0.39, 0.29) is 17.8 Å². The van der Waals surface area contributed by atoms with Crippen molar-refractivity contribution in [3.8, 4) is 0 Å². The first kappa shape index (κ1) is 11.3. The van der Waals surface area contributed by atoms with Gasteiger partial charge in [-0.3, -0.25) is 10.1 Å². The van der Waals surface area contributed by atoms with Gasteiger partial charge in [0.2, 0.25) is 0 Å². The maximum absolute atomic E-state index is 10.8. The molecule has 0 aromatic heterocycles. The molecule has 5 nitrogen and oxygen atoms in total. The summed E-state index contributed by atoms with van der Waals surface area (Å²) in [5, 5.41) is 23.0. The van der Waals surface area contributed by atoms with Gasteiger partial charge in [0.1, 0.15) is 5.69 Å². The van der Waals surface area contributed by atoms with Crippen molar-refractivity contribution in [3.63, 3.8) is 0 Å². The van der Waals surface area contributed by atoms with Crippen LogP contribution in [-0.2, 0) is 0 Å². The van der Waals surface area contributed by atoms with E-state index >= 15 is 0 Å². The lowest BCUT2D eigenvalue weighted by molar-refractivity contribution is -0.384. The Balaban J connectivity index is 2.17. The van der Waals surface area contributed by atoms with Crippen LogP contribution in [0, 0.1) is 10.1 Å². The number of aliphatic hydroxyl groups is 1. The first-order chi connectivity index (χ1) is 7.56. The van der Waals surface area contributed by atoms with Crippen LogP contribution in [0.15, 0.2) is 22.7 Å². The van der Waals surface area contributed by atoms with Crippen molar-refractivity contribution in [1.29, 1.82) is 0 Å². The molecule has 0 heterocycles. The first-order valence-electron chi connectivity index (χ1n) is 4.95. The number of nitrogens with zero attached hydrogens (tertiary/aromatic N) is 1. The Morgan fingerprint density at radius 3 is 2.75 bits per heavy atom. The summed E-state index contributed by atoms with van der Waals surface area (Å²) in [6.45, 7) is 0. The van der Waals surface area contributed by atoms with Crippen LogP contribution < -0.4 is 5.32 Å². The van der Waals surface area contributed by atoms with Crippen molar-refractivity contribution in [2.75, 3.05) is 5.32 Å². The average Bonchev–Trinajstić information content (AvgIpc) is 2.15. The fourth-order valence-electron chi connectivity index (χ4n) is 1.71. The summed E-state index contributed by atoms with van der Waals surface area (Å²) in [6.07, 6.45) is 1.01. The van der Waals surface area contributed by atoms with Gasteiger partial charge >= 0.3 is 0 Å². The van der Waals surface area contributed by atoms with Gasteiger partial charge in [-0.05, 0) is 25.0 Å². The largest absolute Gasteiger partial charge is 0.393 e. The molecule has 1 aromatic rings. The van der Waals surface area contributed by atoms with Gasteiger partial charge in [-0.1, -0.05) is 15.9 Å². The molecule has 2 N–H and O–H groups in total. The fraction of sp³-hybridized carbons (Fsp3) is 0.400. The monoisotopic (exact) mass is 286 g/mol. The lowest BCUT2D eigenvalue weighted by atomic mass is 9.89. The summed E-state index contributed by atoms with van der Waals surface area (Å²) in [4.78, 5) is 10.4. The van der Waals surface area contributed by atoms with Crippen LogP contribution in [0.1, 0.15) is 12.8 Å². The molecule has 2 rings (SSSR count). The molecule has 0 aliphatic heterocycles. The molecule has 0 atom stereocenters. The van der Waals surface area contributed by atoms with E-state index in [4.69, 9.17) is 5.11 Å². The molecule has 0 amide bonds. The molecule has 0 spiro atoms. The topological polar surface area (TPSA) is 75.4 Å². The first-order valence-corrected chi connectivity index (χ1v) is 5.74. The molecule has 1 saturated carbocycles. The van der Waals surface area contributed by atoms with Gasteiger partial charge in [0.25, 0.3) is 5.69 Å². The van der Waals surface area contributed by atoms with E-state index < -0.39 is 4.92 Å². The fourth-order valence-corrected chi connectivity index (χ4v) is 2.07. The molecule has 1 aliphatic rings.